The van der Waals surface area contributed by atoms with Crippen LogP contribution in [-0.2, 0) is 28.0 Å². The van der Waals surface area contributed by atoms with Crippen LogP contribution < -0.4 is 5.32 Å². The highest BCUT2D eigenvalue weighted by atomic mass is 16.5. The fourth-order valence-electron chi connectivity index (χ4n) is 6.15. The number of nitrogens with one attached hydrogen (secondary N) is 2. The van der Waals surface area contributed by atoms with Crippen LogP contribution in [0.5, 0.6) is 0 Å². The summed E-state index contributed by atoms with van der Waals surface area (Å²) in [5, 5.41) is 4.85. The van der Waals surface area contributed by atoms with E-state index in [1.807, 2.05) is 0 Å². The van der Waals surface area contributed by atoms with E-state index in [2.05, 4.69) is 71.8 Å². The normalized spacial score (nSPS) is 21.8. The smallest absolute Gasteiger partial charge is 0.223 e. The second-order valence-electron chi connectivity index (χ2n) is 10.2. The van der Waals surface area contributed by atoms with E-state index in [0.717, 1.165) is 63.3 Å². The van der Waals surface area contributed by atoms with Gasteiger partial charge in [-0.05, 0) is 49.3 Å². The van der Waals surface area contributed by atoms with Gasteiger partial charge in [0.05, 0.1) is 18.3 Å². The minimum Gasteiger partial charge on any atom is -0.366 e. The zero-order valence-electron chi connectivity index (χ0n) is 20.4. The van der Waals surface area contributed by atoms with Crippen LogP contribution in [0.15, 0.2) is 54.6 Å². The standard InChI is InChI=1S/C30H38N2O2/c1-2-3-19-30(28-25(18-20-34-30)24-16-10-11-17-26(24)31-28)27(21-22-12-6-4-7-13-22)32-29(33)23-14-8-5-9-15-23/h4,6-7,10-13,16-17,23,27,31H,2-3,5,8-9,14-15,18-21H2,1H3,(H,32,33). The van der Waals surface area contributed by atoms with Gasteiger partial charge in [0, 0.05) is 16.8 Å². The first kappa shape index (κ1) is 23.2. The molecule has 1 aliphatic heterocycles. The number of amides is 1. The number of carbonyl (C=O) groups is 1. The van der Waals surface area contributed by atoms with Crippen molar-refractivity contribution in [2.24, 2.45) is 5.92 Å². The molecule has 2 aliphatic rings. The molecule has 1 aromatic heterocycles. The number of carbonyl (C=O) groups excluding carboxylic acids is 1. The predicted molar refractivity (Wildman–Crippen MR) is 138 cm³/mol. The first-order chi connectivity index (χ1) is 16.7. The summed E-state index contributed by atoms with van der Waals surface area (Å²) in [6.07, 6.45) is 10.3. The van der Waals surface area contributed by atoms with Crippen LogP contribution in [0.3, 0.4) is 0 Å². The van der Waals surface area contributed by atoms with Crippen LogP contribution in [0.1, 0.15) is 75.1 Å². The maximum Gasteiger partial charge on any atom is 0.223 e. The summed E-state index contributed by atoms with van der Waals surface area (Å²) in [5.41, 5.74) is 4.39. The van der Waals surface area contributed by atoms with Crippen molar-refractivity contribution < 1.29 is 9.53 Å². The van der Waals surface area contributed by atoms with Crippen molar-refractivity contribution in [3.8, 4) is 0 Å². The van der Waals surface area contributed by atoms with Crippen molar-refractivity contribution in [2.45, 2.75) is 82.8 Å². The Bertz CT molecular complexity index is 1100. The van der Waals surface area contributed by atoms with Gasteiger partial charge < -0.3 is 15.0 Å². The molecule has 1 amide bonds. The molecule has 1 fully saturated rings. The molecular weight excluding hydrogens is 420 g/mol. The van der Waals surface area contributed by atoms with Gasteiger partial charge >= 0.3 is 0 Å². The zero-order valence-corrected chi connectivity index (χ0v) is 20.4. The first-order valence-electron chi connectivity index (χ1n) is 13.3. The van der Waals surface area contributed by atoms with Crippen molar-refractivity contribution in [2.75, 3.05) is 6.61 Å². The van der Waals surface area contributed by atoms with Crippen LogP contribution >= 0.6 is 0 Å². The molecule has 2 aromatic carbocycles. The molecular formula is C30H38N2O2. The zero-order chi connectivity index (χ0) is 23.4. The van der Waals surface area contributed by atoms with Crippen LogP contribution in [-0.4, -0.2) is 23.5 Å². The van der Waals surface area contributed by atoms with E-state index in [4.69, 9.17) is 4.74 Å². The Morgan fingerprint density at radius 1 is 1.09 bits per heavy atom. The quantitative estimate of drug-likeness (QED) is 0.408. The fraction of sp³-hybridized carbons (Fsp3) is 0.500. The number of aromatic amines is 1. The number of hydrogen-bond donors (Lipinski definition) is 2. The number of para-hydroxylation sites is 1. The van der Waals surface area contributed by atoms with E-state index in [1.165, 1.54) is 28.6 Å². The van der Waals surface area contributed by atoms with Gasteiger partial charge in [-0.2, -0.15) is 0 Å². The maximum absolute atomic E-state index is 13.6. The molecule has 1 aliphatic carbocycles. The topological polar surface area (TPSA) is 54.1 Å². The van der Waals surface area contributed by atoms with E-state index in [9.17, 15) is 4.79 Å². The van der Waals surface area contributed by atoms with Crippen LogP contribution in [0.2, 0.25) is 0 Å². The number of unbranched alkanes of at least 4 members (excludes halogenated alkanes) is 1. The Morgan fingerprint density at radius 2 is 1.85 bits per heavy atom. The summed E-state index contributed by atoms with van der Waals surface area (Å²) in [5.74, 6) is 0.337. The number of H-pyrrole nitrogens is 1. The highest BCUT2D eigenvalue weighted by Gasteiger charge is 2.47. The summed E-state index contributed by atoms with van der Waals surface area (Å²) in [6, 6.07) is 19.0. The summed E-state index contributed by atoms with van der Waals surface area (Å²) in [6.45, 7) is 2.92. The molecule has 4 nitrogen and oxygen atoms in total. The second kappa shape index (κ2) is 10.4. The molecule has 2 N–H and O–H groups in total. The third-order valence-corrected chi connectivity index (χ3v) is 7.99. The van der Waals surface area contributed by atoms with Gasteiger partial charge in [-0.25, -0.2) is 0 Å². The number of aromatic nitrogens is 1. The van der Waals surface area contributed by atoms with Crippen LogP contribution in [0.25, 0.3) is 10.9 Å². The maximum atomic E-state index is 13.6. The van der Waals surface area contributed by atoms with Gasteiger partial charge in [0.25, 0.3) is 0 Å². The summed E-state index contributed by atoms with van der Waals surface area (Å²) >= 11 is 0. The lowest BCUT2D eigenvalue weighted by molar-refractivity contribution is -0.134. The molecule has 34 heavy (non-hydrogen) atoms. The van der Waals surface area contributed by atoms with Gasteiger partial charge in [0.2, 0.25) is 5.91 Å². The van der Waals surface area contributed by atoms with Crippen molar-refractivity contribution in [1.82, 2.24) is 10.3 Å². The predicted octanol–water partition coefficient (Wildman–Crippen LogP) is 6.43. The van der Waals surface area contributed by atoms with Crippen molar-refractivity contribution >= 4 is 16.8 Å². The Labute approximate surface area is 203 Å². The molecule has 0 bridgehead atoms. The molecule has 3 aromatic rings. The Balaban J connectivity index is 1.57. The number of hydrogen-bond acceptors (Lipinski definition) is 2. The Hall–Kier alpha value is -2.59. The Kier molecular flexibility index (Phi) is 7.05. The average Bonchev–Trinajstić information content (AvgIpc) is 3.28. The van der Waals surface area contributed by atoms with Gasteiger partial charge in [0.1, 0.15) is 5.60 Å². The van der Waals surface area contributed by atoms with Crippen LogP contribution in [0.4, 0.5) is 0 Å². The summed E-state index contributed by atoms with van der Waals surface area (Å²) < 4.78 is 6.80. The van der Waals surface area contributed by atoms with E-state index < -0.39 is 5.60 Å². The minimum atomic E-state index is -0.553. The van der Waals surface area contributed by atoms with Gasteiger partial charge in [-0.15, -0.1) is 0 Å². The molecule has 5 rings (SSSR count). The van der Waals surface area contributed by atoms with Crippen molar-refractivity contribution in [3.05, 3.63) is 71.4 Å². The average molecular weight is 459 g/mol. The van der Waals surface area contributed by atoms with Crippen molar-refractivity contribution in [1.29, 1.82) is 0 Å². The van der Waals surface area contributed by atoms with E-state index in [1.54, 1.807) is 0 Å². The molecule has 2 heterocycles. The van der Waals surface area contributed by atoms with Gasteiger partial charge in [0.15, 0.2) is 0 Å². The largest absolute Gasteiger partial charge is 0.366 e. The fourth-order valence-corrected chi connectivity index (χ4v) is 6.15. The minimum absolute atomic E-state index is 0.122. The highest BCUT2D eigenvalue weighted by Crippen LogP contribution is 2.43. The number of benzene rings is 2. The molecule has 4 heteroatoms. The highest BCUT2D eigenvalue weighted by molar-refractivity contribution is 5.85. The molecule has 180 valence electrons. The lowest BCUT2D eigenvalue weighted by Crippen LogP contribution is -2.56. The number of ether oxygens (including phenoxy) is 1. The summed E-state index contributed by atoms with van der Waals surface area (Å²) in [4.78, 5) is 17.3. The van der Waals surface area contributed by atoms with Crippen LogP contribution in [0, 0.1) is 5.92 Å². The molecule has 0 spiro atoms. The van der Waals surface area contributed by atoms with E-state index in [-0.39, 0.29) is 17.9 Å². The third-order valence-electron chi connectivity index (χ3n) is 7.99. The van der Waals surface area contributed by atoms with E-state index in [0.29, 0.717) is 6.61 Å². The number of rotatable bonds is 8. The molecule has 2 unspecified atom stereocenters. The molecule has 1 saturated carbocycles. The SMILES string of the molecule is CCCCC1(C(Cc2ccccc2)NC(=O)C2CCCCC2)OCCc2c1[nH]c1ccccc21. The van der Waals surface area contributed by atoms with Crippen molar-refractivity contribution in [3.63, 3.8) is 0 Å². The summed E-state index contributed by atoms with van der Waals surface area (Å²) in [7, 11) is 0. The molecule has 0 radical (unpaired) electrons. The lowest BCUT2D eigenvalue weighted by atomic mass is 9.78. The first-order valence-corrected chi connectivity index (χ1v) is 13.3. The lowest BCUT2D eigenvalue weighted by Gasteiger charge is -2.44. The van der Waals surface area contributed by atoms with Gasteiger partial charge in [-0.1, -0.05) is 87.6 Å². The number of fused-ring (bicyclic) bond motifs is 3. The Morgan fingerprint density at radius 3 is 2.65 bits per heavy atom. The van der Waals surface area contributed by atoms with Gasteiger partial charge in [-0.3, -0.25) is 4.79 Å². The third kappa shape index (κ3) is 4.53. The second-order valence-corrected chi connectivity index (χ2v) is 10.2. The molecule has 2 atom stereocenters. The van der Waals surface area contributed by atoms with E-state index >= 15 is 0 Å². The molecule has 0 saturated heterocycles. The monoisotopic (exact) mass is 458 g/mol.